The van der Waals surface area contributed by atoms with Crippen LogP contribution < -0.4 is 5.32 Å². The maximum atomic E-state index is 4.24. The van der Waals surface area contributed by atoms with Gasteiger partial charge in [-0.15, -0.1) is 0 Å². The summed E-state index contributed by atoms with van der Waals surface area (Å²) >= 11 is 0. The van der Waals surface area contributed by atoms with Crippen molar-refractivity contribution in [3.05, 3.63) is 24.2 Å². The van der Waals surface area contributed by atoms with Crippen LogP contribution in [0.4, 0.5) is 0 Å². The van der Waals surface area contributed by atoms with Gasteiger partial charge in [-0.25, -0.2) is 9.97 Å². The molecule has 1 aliphatic rings. The molecule has 0 radical (unpaired) electrons. The van der Waals surface area contributed by atoms with Crippen LogP contribution in [0.15, 0.2) is 18.6 Å². The van der Waals surface area contributed by atoms with Crippen molar-refractivity contribution in [2.45, 2.75) is 38.8 Å². The average molecular weight is 273 g/mol. The minimum Gasteiger partial charge on any atom is -0.343 e. The van der Waals surface area contributed by atoms with E-state index in [4.69, 9.17) is 0 Å². The summed E-state index contributed by atoms with van der Waals surface area (Å²) in [6.07, 6.45) is 7.64. The number of rotatable bonds is 5. The van der Waals surface area contributed by atoms with Crippen LogP contribution in [0.1, 0.15) is 31.7 Å². The van der Waals surface area contributed by atoms with Gasteiger partial charge in [-0.05, 0) is 44.5 Å². The normalized spacial score (nSPS) is 18.4. The summed E-state index contributed by atoms with van der Waals surface area (Å²) in [4.78, 5) is 14.2. The lowest BCUT2D eigenvalue weighted by Crippen LogP contribution is -2.41. The molecular formula is C15H23N5. The summed E-state index contributed by atoms with van der Waals surface area (Å²) in [6, 6.07) is 2.56. The molecule has 5 heteroatoms. The molecule has 5 nitrogen and oxygen atoms in total. The van der Waals surface area contributed by atoms with Crippen LogP contribution in [-0.2, 0) is 6.54 Å². The SMILES string of the molecule is CC(CN1CCCCC1)NCc1ccnc2nc[nH]c12. The van der Waals surface area contributed by atoms with Gasteiger partial charge >= 0.3 is 0 Å². The minimum atomic E-state index is 0.499. The van der Waals surface area contributed by atoms with Crippen LogP contribution in [0.2, 0.25) is 0 Å². The van der Waals surface area contributed by atoms with Crippen molar-refractivity contribution in [1.29, 1.82) is 0 Å². The summed E-state index contributed by atoms with van der Waals surface area (Å²) < 4.78 is 0. The topological polar surface area (TPSA) is 56.8 Å². The minimum absolute atomic E-state index is 0.499. The Morgan fingerprint density at radius 3 is 3.00 bits per heavy atom. The quantitative estimate of drug-likeness (QED) is 0.874. The highest BCUT2D eigenvalue weighted by Gasteiger charge is 2.13. The Morgan fingerprint density at radius 2 is 2.15 bits per heavy atom. The monoisotopic (exact) mass is 273 g/mol. The number of aromatic amines is 1. The van der Waals surface area contributed by atoms with Gasteiger partial charge in [0.1, 0.15) is 0 Å². The Bertz CT molecular complexity index is 544. The zero-order valence-electron chi connectivity index (χ0n) is 12.1. The second kappa shape index (κ2) is 6.33. The third-order valence-electron chi connectivity index (χ3n) is 4.03. The molecule has 20 heavy (non-hydrogen) atoms. The fraction of sp³-hybridized carbons (Fsp3) is 0.600. The summed E-state index contributed by atoms with van der Waals surface area (Å²) in [5.41, 5.74) is 3.08. The molecule has 3 heterocycles. The standard InChI is InChI=1S/C15H23N5/c1-12(10-20-7-3-2-4-8-20)17-9-13-5-6-16-15-14(13)18-11-19-15/h5-6,11-12,17H,2-4,7-10H2,1H3,(H,16,18,19). The predicted octanol–water partition coefficient (Wildman–Crippen LogP) is 1.92. The van der Waals surface area contributed by atoms with Crippen molar-refractivity contribution in [2.24, 2.45) is 0 Å². The van der Waals surface area contributed by atoms with E-state index in [1.807, 2.05) is 6.20 Å². The largest absolute Gasteiger partial charge is 0.343 e. The molecule has 108 valence electrons. The fourth-order valence-corrected chi connectivity index (χ4v) is 2.93. The Morgan fingerprint density at radius 1 is 1.30 bits per heavy atom. The Balaban J connectivity index is 1.54. The predicted molar refractivity (Wildman–Crippen MR) is 80.5 cm³/mol. The van der Waals surface area contributed by atoms with Crippen LogP contribution in [0, 0.1) is 0 Å². The molecule has 0 bridgehead atoms. The number of H-pyrrole nitrogens is 1. The number of fused-ring (bicyclic) bond motifs is 1. The lowest BCUT2D eigenvalue weighted by Gasteiger charge is -2.29. The summed E-state index contributed by atoms with van der Waals surface area (Å²) in [6.45, 7) is 6.77. The molecule has 1 unspecified atom stereocenters. The molecule has 0 amide bonds. The smallest absolute Gasteiger partial charge is 0.177 e. The third kappa shape index (κ3) is 3.16. The molecule has 0 spiro atoms. The number of aromatic nitrogens is 3. The molecule has 0 aliphatic carbocycles. The fourth-order valence-electron chi connectivity index (χ4n) is 2.93. The average Bonchev–Trinajstić information content (AvgIpc) is 2.95. The highest BCUT2D eigenvalue weighted by molar-refractivity contribution is 5.73. The molecule has 3 rings (SSSR count). The van der Waals surface area contributed by atoms with Crippen LogP contribution in [0.3, 0.4) is 0 Å². The Kier molecular flexibility index (Phi) is 4.28. The van der Waals surface area contributed by atoms with Crippen molar-refractivity contribution >= 4 is 11.2 Å². The van der Waals surface area contributed by atoms with Crippen molar-refractivity contribution in [1.82, 2.24) is 25.2 Å². The van der Waals surface area contributed by atoms with Gasteiger partial charge in [0.2, 0.25) is 0 Å². The first-order valence-electron chi connectivity index (χ1n) is 7.55. The van der Waals surface area contributed by atoms with Gasteiger partial charge in [0, 0.05) is 25.3 Å². The van der Waals surface area contributed by atoms with E-state index in [0.717, 1.165) is 24.3 Å². The zero-order chi connectivity index (χ0) is 13.8. The van der Waals surface area contributed by atoms with Gasteiger partial charge in [0.05, 0.1) is 11.8 Å². The van der Waals surface area contributed by atoms with E-state index in [1.165, 1.54) is 37.9 Å². The second-order valence-corrected chi connectivity index (χ2v) is 5.71. The van der Waals surface area contributed by atoms with E-state index >= 15 is 0 Å². The third-order valence-corrected chi connectivity index (χ3v) is 4.03. The first kappa shape index (κ1) is 13.5. The van der Waals surface area contributed by atoms with Crippen molar-refractivity contribution < 1.29 is 0 Å². The molecular weight excluding hydrogens is 250 g/mol. The molecule has 0 saturated carbocycles. The summed E-state index contributed by atoms with van der Waals surface area (Å²) in [5.74, 6) is 0. The molecule has 1 aliphatic heterocycles. The summed E-state index contributed by atoms with van der Waals surface area (Å²) in [7, 11) is 0. The number of hydrogen-bond donors (Lipinski definition) is 2. The van der Waals surface area contributed by atoms with Gasteiger partial charge < -0.3 is 15.2 Å². The lowest BCUT2D eigenvalue weighted by atomic mass is 10.1. The maximum Gasteiger partial charge on any atom is 0.177 e. The molecule has 2 aromatic rings. The molecule has 1 atom stereocenters. The van der Waals surface area contributed by atoms with Crippen LogP contribution in [0.25, 0.3) is 11.2 Å². The van der Waals surface area contributed by atoms with Gasteiger partial charge in [-0.3, -0.25) is 0 Å². The number of nitrogens with one attached hydrogen (secondary N) is 2. The van der Waals surface area contributed by atoms with E-state index in [1.54, 1.807) is 6.33 Å². The van der Waals surface area contributed by atoms with Gasteiger partial charge in [-0.1, -0.05) is 6.42 Å². The molecule has 1 saturated heterocycles. The van der Waals surface area contributed by atoms with E-state index < -0.39 is 0 Å². The highest BCUT2D eigenvalue weighted by Crippen LogP contribution is 2.12. The Hall–Kier alpha value is -1.46. The molecule has 1 fully saturated rings. The van der Waals surface area contributed by atoms with Crippen LogP contribution in [0.5, 0.6) is 0 Å². The molecule has 2 aromatic heterocycles. The van der Waals surface area contributed by atoms with E-state index in [-0.39, 0.29) is 0 Å². The second-order valence-electron chi connectivity index (χ2n) is 5.71. The molecule has 2 N–H and O–H groups in total. The van der Waals surface area contributed by atoms with Crippen molar-refractivity contribution in [3.63, 3.8) is 0 Å². The molecule has 0 aromatic carbocycles. The van der Waals surface area contributed by atoms with Crippen molar-refractivity contribution in [2.75, 3.05) is 19.6 Å². The lowest BCUT2D eigenvalue weighted by molar-refractivity contribution is 0.209. The van der Waals surface area contributed by atoms with Gasteiger partial charge in [-0.2, -0.15) is 0 Å². The van der Waals surface area contributed by atoms with E-state index in [0.29, 0.717) is 6.04 Å². The van der Waals surface area contributed by atoms with E-state index in [9.17, 15) is 0 Å². The van der Waals surface area contributed by atoms with Gasteiger partial charge in [0.15, 0.2) is 5.65 Å². The Labute approximate surface area is 119 Å². The van der Waals surface area contributed by atoms with Crippen molar-refractivity contribution in [3.8, 4) is 0 Å². The van der Waals surface area contributed by atoms with Crippen LogP contribution in [-0.4, -0.2) is 45.5 Å². The number of imidazole rings is 1. The number of piperidine rings is 1. The summed E-state index contributed by atoms with van der Waals surface area (Å²) in [5, 5.41) is 3.61. The number of nitrogens with zero attached hydrogens (tertiary/aromatic N) is 3. The number of likely N-dealkylation sites (tertiary alicyclic amines) is 1. The van der Waals surface area contributed by atoms with E-state index in [2.05, 4.69) is 38.2 Å². The first-order valence-corrected chi connectivity index (χ1v) is 7.55. The maximum absolute atomic E-state index is 4.24. The zero-order valence-corrected chi connectivity index (χ0v) is 12.1. The van der Waals surface area contributed by atoms with Gasteiger partial charge in [0.25, 0.3) is 0 Å². The number of hydrogen-bond acceptors (Lipinski definition) is 4. The highest BCUT2D eigenvalue weighted by atomic mass is 15.1. The first-order chi connectivity index (χ1) is 9.83. The number of pyridine rings is 1. The van der Waals surface area contributed by atoms with Crippen LogP contribution >= 0.6 is 0 Å².